The molecule has 0 saturated heterocycles. The molecule has 0 unspecified atom stereocenters. The number of nitro benzene ring substituents is 1. The number of nitrogens with zero attached hydrogens (tertiary/aromatic N) is 3. The molecule has 0 aliphatic rings. The quantitative estimate of drug-likeness (QED) is 0.571. The van der Waals surface area contributed by atoms with Crippen LogP contribution in [-0.2, 0) is 10.1 Å². The average Bonchev–Trinajstić information content (AvgIpc) is 2.48. The SMILES string of the molecule is O=c1ccccn1OS(=O)(=O)c1ccc(N(O)O)cc1[N+](=O)[O-]. The Morgan fingerprint density at radius 1 is 1.22 bits per heavy atom. The van der Waals surface area contributed by atoms with Crippen molar-refractivity contribution in [3.8, 4) is 0 Å². The molecule has 0 atom stereocenters. The third-order valence-electron chi connectivity index (χ3n) is 2.61. The molecule has 0 spiro atoms. The second-order valence-electron chi connectivity index (χ2n) is 4.09. The third-order valence-corrected chi connectivity index (χ3v) is 3.85. The zero-order valence-electron chi connectivity index (χ0n) is 11.1. The highest BCUT2D eigenvalue weighted by Gasteiger charge is 2.29. The highest BCUT2D eigenvalue weighted by Crippen LogP contribution is 2.28. The monoisotopic (exact) mass is 343 g/mol. The van der Waals surface area contributed by atoms with Crippen molar-refractivity contribution in [3.63, 3.8) is 0 Å². The van der Waals surface area contributed by atoms with Gasteiger partial charge in [-0.1, -0.05) is 6.07 Å². The Morgan fingerprint density at radius 2 is 1.91 bits per heavy atom. The van der Waals surface area contributed by atoms with Crippen LogP contribution in [0.15, 0.2) is 52.3 Å². The predicted octanol–water partition coefficient (Wildman–Crippen LogP) is 0.159. The minimum atomic E-state index is -4.71. The van der Waals surface area contributed by atoms with E-state index in [0.717, 1.165) is 24.4 Å². The molecule has 0 bridgehead atoms. The van der Waals surface area contributed by atoms with E-state index in [1.54, 1.807) is 0 Å². The Labute approximate surface area is 128 Å². The summed E-state index contributed by atoms with van der Waals surface area (Å²) in [5.41, 5.74) is -2.20. The van der Waals surface area contributed by atoms with Crippen molar-refractivity contribution < 1.29 is 28.0 Å². The number of aromatic nitrogens is 1. The summed E-state index contributed by atoms with van der Waals surface area (Å²) in [6.07, 6.45) is 1.02. The van der Waals surface area contributed by atoms with Gasteiger partial charge in [-0.05, 0) is 18.2 Å². The van der Waals surface area contributed by atoms with Crippen molar-refractivity contribution in [3.05, 3.63) is 63.1 Å². The van der Waals surface area contributed by atoms with Gasteiger partial charge in [0.1, 0.15) is 5.69 Å². The molecule has 0 fully saturated rings. The lowest BCUT2D eigenvalue weighted by Gasteiger charge is -2.11. The molecular formula is C11H9N3O8S. The molecule has 0 amide bonds. The van der Waals surface area contributed by atoms with E-state index >= 15 is 0 Å². The van der Waals surface area contributed by atoms with Crippen LogP contribution in [0.25, 0.3) is 0 Å². The summed E-state index contributed by atoms with van der Waals surface area (Å²) in [5.74, 6) is 0. The van der Waals surface area contributed by atoms with Gasteiger partial charge in [0, 0.05) is 18.3 Å². The summed E-state index contributed by atoms with van der Waals surface area (Å²) in [5, 5.41) is 28.3. The first-order chi connectivity index (χ1) is 10.7. The minimum absolute atomic E-state index is 0.386. The molecule has 1 aromatic heterocycles. The maximum Gasteiger partial charge on any atom is 0.364 e. The molecule has 0 aliphatic carbocycles. The molecule has 0 aliphatic heterocycles. The first kappa shape index (κ1) is 16.4. The summed E-state index contributed by atoms with van der Waals surface area (Å²) < 4.78 is 29.2. The molecule has 2 N–H and O–H groups in total. The van der Waals surface area contributed by atoms with E-state index in [9.17, 15) is 23.3 Å². The fourth-order valence-corrected chi connectivity index (χ4v) is 2.64. The van der Waals surface area contributed by atoms with Gasteiger partial charge >= 0.3 is 10.1 Å². The van der Waals surface area contributed by atoms with Crippen LogP contribution in [-0.4, -0.2) is 28.5 Å². The van der Waals surface area contributed by atoms with Gasteiger partial charge in [-0.3, -0.25) is 29.6 Å². The molecule has 12 heteroatoms. The number of anilines is 1. The largest absolute Gasteiger partial charge is 0.364 e. The van der Waals surface area contributed by atoms with Crippen molar-refractivity contribution in [2.45, 2.75) is 4.90 Å². The second kappa shape index (κ2) is 6.04. The summed E-state index contributed by atoms with van der Waals surface area (Å²) in [4.78, 5) is 20.6. The maximum atomic E-state index is 12.1. The Kier molecular flexibility index (Phi) is 4.31. The Bertz CT molecular complexity index is 905. The lowest BCUT2D eigenvalue weighted by molar-refractivity contribution is -0.387. The molecular weight excluding hydrogens is 334 g/mol. The van der Waals surface area contributed by atoms with Gasteiger partial charge in [0.25, 0.3) is 11.2 Å². The number of pyridine rings is 1. The van der Waals surface area contributed by atoms with Gasteiger partial charge in [0.05, 0.1) is 4.92 Å². The number of hydrogen-bond acceptors (Lipinski definition) is 9. The van der Waals surface area contributed by atoms with Crippen molar-refractivity contribution in [1.82, 2.24) is 4.73 Å². The fourth-order valence-electron chi connectivity index (χ4n) is 1.60. The van der Waals surface area contributed by atoms with Gasteiger partial charge in [-0.15, -0.1) is 9.96 Å². The summed E-state index contributed by atoms with van der Waals surface area (Å²) >= 11 is 0. The van der Waals surface area contributed by atoms with E-state index in [0.29, 0.717) is 10.8 Å². The zero-order chi connectivity index (χ0) is 17.2. The first-order valence-corrected chi connectivity index (χ1v) is 7.22. The molecule has 1 aromatic carbocycles. The van der Waals surface area contributed by atoms with E-state index in [1.807, 2.05) is 0 Å². The lowest BCUT2D eigenvalue weighted by Crippen LogP contribution is -2.30. The zero-order valence-corrected chi connectivity index (χ0v) is 12.0. The van der Waals surface area contributed by atoms with Crippen LogP contribution in [0.3, 0.4) is 0 Å². The van der Waals surface area contributed by atoms with E-state index < -0.39 is 42.1 Å². The van der Waals surface area contributed by atoms with Crippen LogP contribution < -0.4 is 15.1 Å². The fraction of sp³-hybridized carbons (Fsp3) is 0. The van der Waals surface area contributed by atoms with E-state index in [-0.39, 0.29) is 0 Å². The maximum absolute atomic E-state index is 12.1. The van der Waals surface area contributed by atoms with E-state index in [4.69, 9.17) is 10.4 Å². The predicted molar refractivity (Wildman–Crippen MR) is 73.6 cm³/mol. The highest BCUT2D eigenvalue weighted by molar-refractivity contribution is 7.87. The standard InChI is InChI=1S/C11H9N3O8S/c15-11-3-1-2-6-12(11)22-23(20,21)10-5-4-8(13(16)17)7-9(10)14(18)19/h1-7,16-17H. The van der Waals surface area contributed by atoms with Crippen molar-refractivity contribution in [2.24, 2.45) is 0 Å². The Balaban J connectivity index is 2.53. The summed E-state index contributed by atoms with van der Waals surface area (Å²) in [7, 11) is -4.71. The third kappa shape index (κ3) is 3.45. The Morgan fingerprint density at radius 3 is 2.48 bits per heavy atom. The van der Waals surface area contributed by atoms with Crippen LogP contribution in [0.2, 0.25) is 0 Å². The molecule has 122 valence electrons. The van der Waals surface area contributed by atoms with Crippen LogP contribution in [0, 0.1) is 10.1 Å². The molecule has 0 saturated carbocycles. The van der Waals surface area contributed by atoms with Crippen LogP contribution in [0.4, 0.5) is 11.4 Å². The van der Waals surface area contributed by atoms with Gasteiger partial charge in [0.15, 0.2) is 4.90 Å². The summed E-state index contributed by atoms with van der Waals surface area (Å²) in [6.45, 7) is 0. The normalized spacial score (nSPS) is 11.0. The first-order valence-electron chi connectivity index (χ1n) is 5.81. The molecule has 23 heavy (non-hydrogen) atoms. The van der Waals surface area contributed by atoms with Gasteiger partial charge < -0.3 is 0 Å². The molecule has 11 nitrogen and oxygen atoms in total. The van der Waals surface area contributed by atoms with Crippen molar-refractivity contribution in [2.75, 3.05) is 5.23 Å². The lowest BCUT2D eigenvalue weighted by atomic mass is 10.3. The van der Waals surface area contributed by atoms with Gasteiger partial charge in [0.2, 0.25) is 0 Å². The van der Waals surface area contributed by atoms with Crippen LogP contribution in [0.5, 0.6) is 0 Å². The average molecular weight is 343 g/mol. The van der Waals surface area contributed by atoms with Gasteiger partial charge in [-0.25, -0.2) is 0 Å². The number of rotatable bonds is 5. The van der Waals surface area contributed by atoms with Crippen LogP contribution >= 0.6 is 0 Å². The topological polar surface area (TPSA) is 152 Å². The molecule has 2 aromatic rings. The Hall–Kier alpha value is -2.96. The van der Waals surface area contributed by atoms with Crippen molar-refractivity contribution >= 4 is 21.5 Å². The molecule has 1 heterocycles. The number of benzene rings is 1. The number of nitro groups is 1. The molecule has 0 radical (unpaired) electrons. The number of hydrogen-bond donors (Lipinski definition) is 2. The minimum Gasteiger partial charge on any atom is -0.281 e. The van der Waals surface area contributed by atoms with Gasteiger partial charge in [-0.2, -0.15) is 8.42 Å². The van der Waals surface area contributed by atoms with E-state index in [1.165, 1.54) is 12.1 Å². The molecule has 2 rings (SSSR count). The summed E-state index contributed by atoms with van der Waals surface area (Å²) in [6, 6.07) is 5.96. The highest BCUT2D eigenvalue weighted by atomic mass is 32.2. The van der Waals surface area contributed by atoms with Crippen LogP contribution in [0.1, 0.15) is 0 Å². The second-order valence-corrected chi connectivity index (χ2v) is 5.59. The smallest absolute Gasteiger partial charge is 0.281 e. The van der Waals surface area contributed by atoms with Crippen molar-refractivity contribution in [1.29, 1.82) is 0 Å². The van der Waals surface area contributed by atoms with E-state index in [2.05, 4.69) is 4.28 Å².